The molecule has 0 aromatic heterocycles. The minimum absolute atomic E-state index is 0.289. The lowest BCUT2D eigenvalue weighted by Crippen LogP contribution is -2.13. The SMILES string of the molecule is O=C(O)C(CCc1c(F)cccc1Cl)c1ccccc1. The van der Waals surface area contributed by atoms with E-state index in [4.69, 9.17) is 11.6 Å². The van der Waals surface area contributed by atoms with Crippen molar-refractivity contribution >= 4 is 17.6 Å². The molecule has 1 N–H and O–H groups in total. The standard InChI is InChI=1S/C16H14ClFO2/c17-14-7-4-8-15(18)13(14)10-9-12(16(19)20)11-5-2-1-3-6-11/h1-8,12H,9-10H2,(H,19,20). The quantitative estimate of drug-likeness (QED) is 0.893. The fourth-order valence-corrected chi connectivity index (χ4v) is 2.44. The highest BCUT2D eigenvalue weighted by Gasteiger charge is 2.20. The molecule has 0 aliphatic carbocycles. The second-order valence-corrected chi connectivity index (χ2v) is 4.95. The van der Waals surface area contributed by atoms with Gasteiger partial charge in [-0.2, -0.15) is 0 Å². The van der Waals surface area contributed by atoms with E-state index in [0.717, 1.165) is 0 Å². The molecule has 2 aromatic rings. The van der Waals surface area contributed by atoms with Crippen LogP contribution >= 0.6 is 11.6 Å². The summed E-state index contributed by atoms with van der Waals surface area (Å²) in [6, 6.07) is 13.4. The number of rotatable bonds is 5. The van der Waals surface area contributed by atoms with Crippen molar-refractivity contribution in [3.8, 4) is 0 Å². The maximum Gasteiger partial charge on any atom is 0.310 e. The van der Waals surface area contributed by atoms with Gasteiger partial charge in [0.25, 0.3) is 0 Å². The summed E-state index contributed by atoms with van der Waals surface area (Å²) >= 11 is 5.95. The molecular weight excluding hydrogens is 279 g/mol. The van der Waals surface area contributed by atoms with Gasteiger partial charge in [-0.25, -0.2) is 4.39 Å². The molecule has 0 heterocycles. The first-order valence-corrected chi connectivity index (χ1v) is 6.68. The van der Waals surface area contributed by atoms with Crippen molar-refractivity contribution in [3.05, 3.63) is 70.5 Å². The van der Waals surface area contributed by atoms with Crippen LogP contribution in [0.3, 0.4) is 0 Å². The van der Waals surface area contributed by atoms with Crippen molar-refractivity contribution in [2.75, 3.05) is 0 Å². The van der Waals surface area contributed by atoms with Gasteiger partial charge in [0.2, 0.25) is 0 Å². The van der Waals surface area contributed by atoms with E-state index >= 15 is 0 Å². The molecule has 2 nitrogen and oxygen atoms in total. The van der Waals surface area contributed by atoms with E-state index in [1.165, 1.54) is 12.1 Å². The van der Waals surface area contributed by atoms with Crippen molar-refractivity contribution in [2.24, 2.45) is 0 Å². The van der Waals surface area contributed by atoms with Crippen LogP contribution in [-0.2, 0) is 11.2 Å². The van der Waals surface area contributed by atoms with Gasteiger partial charge < -0.3 is 5.11 Å². The molecule has 0 bridgehead atoms. The Labute approximate surface area is 121 Å². The number of benzene rings is 2. The third-order valence-electron chi connectivity index (χ3n) is 3.24. The van der Waals surface area contributed by atoms with Crippen LogP contribution in [0, 0.1) is 5.82 Å². The van der Waals surface area contributed by atoms with Gasteiger partial charge in [0, 0.05) is 10.6 Å². The topological polar surface area (TPSA) is 37.3 Å². The second kappa shape index (κ2) is 6.53. The number of hydrogen-bond donors (Lipinski definition) is 1. The molecule has 104 valence electrons. The van der Waals surface area contributed by atoms with E-state index in [-0.39, 0.29) is 6.42 Å². The van der Waals surface area contributed by atoms with Gasteiger partial charge in [0.1, 0.15) is 5.82 Å². The molecule has 4 heteroatoms. The van der Waals surface area contributed by atoms with Crippen LogP contribution in [-0.4, -0.2) is 11.1 Å². The van der Waals surface area contributed by atoms with E-state index in [2.05, 4.69) is 0 Å². The summed E-state index contributed by atoms with van der Waals surface area (Å²) in [5.41, 5.74) is 1.09. The van der Waals surface area contributed by atoms with Crippen molar-refractivity contribution in [3.63, 3.8) is 0 Å². The van der Waals surface area contributed by atoms with Crippen LogP contribution in [0.15, 0.2) is 48.5 Å². The van der Waals surface area contributed by atoms with Gasteiger partial charge in [0.05, 0.1) is 5.92 Å². The lowest BCUT2D eigenvalue weighted by Gasteiger charge is -2.13. The van der Waals surface area contributed by atoms with Gasteiger partial charge in [-0.15, -0.1) is 0 Å². The van der Waals surface area contributed by atoms with E-state index in [1.54, 1.807) is 30.3 Å². The summed E-state index contributed by atoms with van der Waals surface area (Å²) in [7, 11) is 0. The molecule has 20 heavy (non-hydrogen) atoms. The molecule has 0 radical (unpaired) electrons. The zero-order valence-electron chi connectivity index (χ0n) is 10.7. The van der Waals surface area contributed by atoms with Crippen LogP contribution < -0.4 is 0 Å². The number of carboxylic acids is 1. The lowest BCUT2D eigenvalue weighted by molar-refractivity contribution is -0.138. The fraction of sp³-hybridized carbons (Fsp3) is 0.188. The third kappa shape index (κ3) is 3.36. The normalized spacial score (nSPS) is 12.1. The largest absolute Gasteiger partial charge is 0.481 e. The minimum Gasteiger partial charge on any atom is -0.481 e. The van der Waals surface area contributed by atoms with Gasteiger partial charge in [-0.1, -0.05) is 48.0 Å². The van der Waals surface area contributed by atoms with Gasteiger partial charge >= 0.3 is 5.97 Å². The lowest BCUT2D eigenvalue weighted by atomic mass is 9.92. The predicted octanol–water partition coefficient (Wildman–Crippen LogP) is 4.28. The fourth-order valence-electron chi connectivity index (χ4n) is 2.18. The van der Waals surface area contributed by atoms with Crippen LogP contribution in [0.25, 0.3) is 0 Å². The average molecular weight is 293 g/mol. The molecule has 0 saturated heterocycles. The molecule has 0 amide bonds. The minimum atomic E-state index is -0.913. The number of aliphatic carboxylic acids is 1. The van der Waals surface area contributed by atoms with Crippen molar-refractivity contribution < 1.29 is 14.3 Å². The zero-order valence-corrected chi connectivity index (χ0v) is 11.5. The average Bonchev–Trinajstić information content (AvgIpc) is 2.43. The Morgan fingerprint density at radius 2 is 1.85 bits per heavy atom. The maximum atomic E-state index is 13.7. The molecule has 0 fully saturated rings. The number of halogens is 2. The smallest absolute Gasteiger partial charge is 0.310 e. The summed E-state index contributed by atoms with van der Waals surface area (Å²) in [5.74, 6) is -1.97. The highest BCUT2D eigenvalue weighted by molar-refractivity contribution is 6.31. The number of carboxylic acid groups (broad SMARTS) is 1. The van der Waals surface area contributed by atoms with Crippen LogP contribution in [0.2, 0.25) is 5.02 Å². The molecule has 0 aliphatic heterocycles. The number of carbonyl (C=O) groups is 1. The van der Waals surface area contributed by atoms with Crippen molar-refractivity contribution in [1.82, 2.24) is 0 Å². The summed E-state index contributed by atoms with van der Waals surface area (Å²) < 4.78 is 13.7. The van der Waals surface area contributed by atoms with Crippen LogP contribution in [0.5, 0.6) is 0 Å². The first-order valence-electron chi connectivity index (χ1n) is 6.30. The van der Waals surface area contributed by atoms with Gasteiger partial charge in [-0.05, 0) is 30.5 Å². The monoisotopic (exact) mass is 292 g/mol. The number of hydrogen-bond acceptors (Lipinski definition) is 1. The molecule has 0 spiro atoms. The van der Waals surface area contributed by atoms with E-state index < -0.39 is 17.7 Å². The zero-order chi connectivity index (χ0) is 14.5. The van der Waals surface area contributed by atoms with Gasteiger partial charge in [-0.3, -0.25) is 4.79 Å². The molecule has 1 unspecified atom stereocenters. The third-order valence-corrected chi connectivity index (χ3v) is 3.60. The van der Waals surface area contributed by atoms with Crippen molar-refractivity contribution in [1.29, 1.82) is 0 Å². The summed E-state index contributed by atoms with van der Waals surface area (Å²) in [4.78, 5) is 11.4. The second-order valence-electron chi connectivity index (χ2n) is 4.54. The summed E-state index contributed by atoms with van der Waals surface area (Å²) in [5, 5.41) is 9.65. The van der Waals surface area contributed by atoms with Crippen molar-refractivity contribution in [2.45, 2.75) is 18.8 Å². The Hall–Kier alpha value is -1.87. The molecule has 1 atom stereocenters. The Morgan fingerprint density at radius 3 is 2.45 bits per heavy atom. The van der Waals surface area contributed by atoms with Gasteiger partial charge in [0.15, 0.2) is 0 Å². The highest BCUT2D eigenvalue weighted by Crippen LogP contribution is 2.26. The highest BCUT2D eigenvalue weighted by atomic mass is 35.5. The van der Waals surface area contributed by atoms with E-state index in [1.807, 2.05) is 6.07 Å². The molecular formula is C16H14ClFO2. The van der Waals surface area contributed by atoms with Crippen LogP contribution in [0.1, 0.15) is 23.5 Å². The molecule has 2 rings (SSSR count). The Kier molecular flexibility index (Phi) is 4.74. The summed E-state index contributed by atoms with van der Waals surface area (Å²) in [6.45, 7) is 0. The Bertz CT molecular complexity index is 578. The summed E-state index contributed by atoms with van der Waals surface area (Å²) in [6.07, 6.45) is 0.595. The maximum absolute atomic E-state index is 13.7. The van der Waals surface area contributed by atoms with E-state index in [9.17, 15) is 14.3 Å². The van der Waals surface area contributed by atoms with Crippen LogP contribution in [0.4, 0.5) is 4.39 Å². The molecule has 0 saturated carbocycles. The predicted molar refractivity (Wildman–Crippen MR) is 76.5 cm³/mol. The van der Waals surface area contributed by atoms with E-state index in [0.29, 0.717) is 22.6 Å². The first kappa shape index (κ1) is 14.5. The molecule has 2 aromatic carbocycles. The molecule has 0 aliphatic rings. The Morgan fingerprint density at radius 1 is 1.15 bits per heavy atom. The first-order chi connectivity index (χ1) is 9.59. The Balaban J connectivity index is 2.17.